The summed E-state index contributed by atoms with van der Waals surface area (Å²) in [6.45, 7) is 31.5. The molecule has 0 unspecified atom stereocenters. The van der Waals surface area contributed by atoms with Crippen LogP contribution in [0.2, 0.25) is 0 Å². The Bertz CT molecular complexity index is 950. The fraction of sp³-hybridized carbons (Fsp3) is 0.233. The molecule has 1 aliphatic carbocycles. The molecule has 240 valence electrons. The third kappa shape index (κ3) is 65.1. The maximum atomic E-state index is 10.2. The van der Waals surface area contributed by atoms with Gasteiger partial charge in [0.15, 0.2) is 0 Å². The third-order valence-electron chi connectivity index (χ3n) is 3.72. The topological polar surface area (TPSA) is 192 Å². The van der Waals surface area contributed by atoms with Gasteiger partial charge in [0, 0.05) is 66.8 Å². The zero-order chi connectivity index (χ0) is 34.5. The standard InChI is InChI=1S/C12H11P.C6H6O4.C5H10.7CO.Co.Mn.Mo/c1-3-7-11(8-4-1)13-12-9-5-2-6-10-12;1-9-5(7)3-4-6(8)10-2;1-2-4-5-3-1;7*1-2;;;/h1-10,13H;1-2H3;1-5H2;;;;;;;;;;. The maximum Gasteiger partial charge on any atom is 0 e. The van der Waals surface area contributed by atoms with Crippen molar-refractivity contribution in [2.24, 2.45) is 0 Å². The molecule has 2 aromatic carbocycles. The number of rotatable bonds is 2. The van der Waals surface area contributed by atoms with Crippen molar-refractivity contribution < 1.29 is 107 Å². The number of hydrogen-bond acceptors (Lipinski definition) is 4. The minimum atomic E-state index is -0.759. The summed E-state index contributed by atoms with van der Waals surface area (Å²) >= 11 is 0. The molecule has 3 rings (SSSR count). The van der Waals surface area contributed by atoms with Gasteiger partial charge in [-0.1, -0.05) is 101 Å². The first-order valence-electron chi connectivity index (χ1n) is 10.6. The Hall–Kier alpha value is -2.74. The summed E-state index contributed by atoms with van der Waals surface area (Å²) in [5.41, 5.74) is 0. The average molecular weight is 804 g/mol. The molecule has 0 aromatic heterocycles. The minimum Gasteiger partial charge on any atom is -0.0622 e. The summed E-state index contributed by atoms with van der Waals surface area (Å²) in [6.07, 6.45) is 7.50. The van der Waals surface area contributed by atoms with E-state index in [2.05, 4.69) is 117 Å². The fourth-order valence-electron chi connectivity index (χ4n) is 2.30. The molecule has 0 atom stereocenters. The predicted octanol–water partition coefficient (Wildman–Crippen LogP) is 3.33. The van der Waals surface area contributed by atoms with Crippen molar-refractivity contribution in [1.29, 1.82) is 0 Å². The molecule has 11 nitrogen and oxygen atoms in total. The molecule has 0 amide bonds. The summed E-state index contributed by atoms with van der Waals surface area (Å²) < 4.78 is 60.7. The van der Waals surface area contributed by atoms with Gasteiger partial charge in [-0.3, -0.25) is 0 Å². The smallest absolute Gasteiger partial charge is 0 e. The molecular weight excluding hydrogens is 777 g/mol. The molecule has 0 heterocycles. The number of methoxy groups -OCH3 is 2. The fourth-order valence-corrected chi connectivity index (χ4v) is 3.35. The Kier molecular flexibility index (Phi) is 120. The van der Waals surface area contributed by atoms with Crippen molar-refractivity contribution in [3.8, 4) is 11.8 Å². The van der Waals surface area contributed by atoms with Crippen LogP contribution in [0.4, 0.5) is 0 Å². The van der Waals surface area contributed by atoms with Gasteiger partial charge < -0.3 is 9.47 Å². The summed E-state index contributed by atoms with van der Waals surface area (Å²) in [4.78, 5) is 20.5. The molecule has 1 saturated carbocycles. The van der Waals surface area contributed by atoms with Gasteiger partial charge in [0.25, 0.3) is 0 Å². The second-order valence-corrected chi connectivity index (χ2v) is 7.26. The van der Waals surface area contributed by atoms with Gasteiger partial charge in [0.05, 0.1) is 14.2 Å². The van der Waals surface area contributed by atoms with Gasteiger partial charge in [0.2, 0.25) is 0 Å². The Labute approximate surface area is 301 Å². The molecule has 0 aliphatic heterocycles. The van der Waals surface area contributed by atoms with Crippen LogP contribution >= 0.6 is 8.58 Å². The van der Waals surface area contributed by atoms with Crippen molar-refractivity contribution in [2.45, 2.75) is 32.1 Å². The Morgan fingerprint density at radius 1 is 0.556 bits per heavy atom. The van der Waals surface area contributed by atoms with Gasteiger partial charge in [-0.25, -0.2) is 9.59 Å². The first kappa shape index (κ1) is 69.1. The van der Waals surface area contributed by atoms with Crippen LogP contribution in [-0.4, -0.2) is 26.2 Å². The predicted molar refractivity (Wildman–Crippen MR) is 143 cm³/mol. The van der Waals surface area contributed by atoms with E-state index in [4.69, 9.17) is 32.6 Å². The summed E-state index contributed by atoms with van der Waals surface area (Å²) in [5, 5.41) is 2.79. The van der Waals surface area contributed by atoms with E-state index in [1.54, 1.807) is 0 Å². The summed E-state index contributed by atoms with van der Waals surface area (Å²) in [7, 11) is 3.13. The summed E-state index contributed by atoms with van der Waals surface area (Å²) in [5.74, 6) is 2.28. The van der Waals surface area contributed by atoms with Crippen molar-refractivity contribution >= 4 is 31.1 Å². The van der Waals surface area contributed by atoms with Gasteiger partial charge in [-0.15, -0.1) is 0 Å². The van der Waals surface area contributed by atoms with E-state index in [-0.39, 0.29) is 54.9 Å². The van der Waals surface area contributed by atoms with Crippen LogP contribution in [0, 0.1) is 58.4 Å². The molecule has 1 aliphatic rings. The molecule has 0 spiro atoms. The van der Waals surface area contributed by atoms with Crippen molar-refractivity contribution in [1.82, 2.24) is 0 Å². The van der Waals surface area contributed by atoms with E-state index in [1.807, 2.05) is 11.8 Å². The zero-order valence-electron chi connectivity index (χ0n) is 23.9. The van der Waals surface area contributed by atoms with E-state index in [0.29, 0.717) is 0 Å². The minimum absolute atomic E-state index is 0. The van der Waals surface area contributed by atoms with Gasteiger partial charge in [-0.2, -0.15) is 0 Å². The molecule has 15 heteroatoms. The van der Waals surface area contributed by atoms with E-state index in [1.165, 1.54) is 56.9 Å². The van der Waals surface area contributed by atoms with Gasteiger partial charge in [-0.05, 0) is 10.6 Å². The van der Waals surface area contributed by atoms with E-state index >= 15 is 0 Å². The number of benzene rings is 2. The number of carbonyl (C=O) groups is 2. The monoisotopic (exact) mass is 806 g/mol. The van der Waals surface area contributed by atoms with Gasteiger partial charge >= 0.3 is 91.1 Å². The van der Waals surface area contributed by atoms with Crippen LogP contribution in [0.3, 0.4) is 0 Å². The van der Waals surface area contributed by atoms with Crippen LogP contribution in [0.25, 0.3) is 0 Å². The molecule has 1 fully saturated rings. The van der Waals surface area contributed by atoms with Crippen LogP contribution in [0.5, 0.6) is 0 Å². The second-order valence-electron chi connectivity index (χ2n) is 5.86. The molecule has 0 bridgehead atoms. The molecule has 2 aromatic rings. The van der Waals surface area contributed by atoms with Crippen LogP contribution < -0.4 is 10.6 Å². The van der Waals surface area contributed by atoms with Gasteiger partial charge in [0.1, 0.15) is 0 Å². The van der Waals surface area contributed by atoms with Crippen molar-refractivity contribution in [2.75, 3.05) is 14.2 Å². The number of carbonyl (C=O) groups excluding carboxylic acids is 2. The van der Waals surface area contributed by atoms with Crippen LogP contribution in [0.15, 0.2) is 60.7 Å². The van der Waals surface area contributed by atoms with Crippen molar-refractivity contribution in [3.63, 3.8) is 0 Å². The molecule has 0 N–H and O–H groups in total. The number of hydrogen-bond donors (Lipinski definition) is 0. The quantitative estimate of drug-likeness (QED) is 0.0856. The first-order chi connectivity index (χ1) is 20.7. The number of esters is 2. The molecule has 0 saturated heterocycles. The molecule has 45 heavy (non-hydrogen) atoms. The Morgan fingerprint density at radius 3 is 0.933 bits per heavy atom. The maximum absolute atomic E-state index is 10.2. The largest absolute Gasteiger partial charge is 0.0622 e. The van der Waals surface area contributed by atoms with E-state index in [0.717, 1.165) is 8.58 Å². The van der Waals surface area contributed by atoms with Crippen LogP contribution in [0.1, 0.15) is 32.1 Å². The van der Waals surface area contributed by atoms with E-state index < -0.39 is 11.9 Å². The average Bonchev–Trinajstić information content (AvgIpc) is 3.72. The van der Waals surface area contributed by atoms with E-state index in [9.17, 15) is 9.59 Å². The Balaban J connectivity index is -0.0000000430. The normalized spacial score (nSPS) is 7.38. The molecular formula is C30H27CoMnMoO11P. The van der Waals surface area contributed by atoms with Crippen LogP contribution in [-0.2, 0) is 107 Å². The molecule has 2 radical (unpaired) electrons. The van der Waals surface area contributed by atoms with Crippen molar-refractivity contribution in [3.05, 3.63) is 107 Å². The summed E-state index contributed by atoms with van der Waals surface area (Å²) in [6, 6.07) is 21.2. The second kappa shape index (κ2) is 78.1. The first-order valence-corrected chi connectivity index (χ1v) is 11.6. The number of ether oxygens (including phenoxy) is 2. The third-order valence-corrected chi connectivity index (χ3v) is 4.97. The Morgan fingerprint density at radius 2 is 0.756 bits per heavy atom. The zero-order valence-corrected chi connectivity index (χ0v) is 29.1. The SMILES string of the molecule is C1CCCC1.COC(=O)C#CC(=O)OC.[C-]#[O+].[C-]#[O+].[C-]#[O+].[C-]#[O+].[C-]#[O+].[C-]#[O+].[C-]#[O+].[Co].[Mn].[Mo].c1ccc(Pc2ccccc2)cc1.